The summed E-state index contributed by atoms with van der Waals surface area (Å²) in [4.78, 5) is 15.0. The van der Waals surface area contributed by atoms with Crippen LogP contribution in [0.1, 0.15) is 92.9 Å². The Kier molecular flexibility index (Phi) is 13.4. The van der Waals surface area contributed by atoms with Crippen LogP contribution in [0.2, 0.25) is 0 Å². The van der Waals surface area contributed by atoms with E-state index in [0.29, 0.717) is 12.5 Å². The Morgan fingerprint density at radius 1 is 0.958 bits per heavy atom. The van der Waals surface area contributed by atoms with E-state index in [9.17, 15) is 4.79 Å². The van der Waals surface area contributed by atoms with Crippen molar-refractivity contribution in [2.45, 2.75) is 92.9 Å². The Balaban J connectivity index is 4.32. The number of carbonyl (C=O) groups is 1. The largest absolute Gasteiger partial charge is 0.464 e. The van der Waals surface area contributed by atoms with Gasteiger partial charge in [-0.25, -0.2) is 0 Å². The van der Waals surface area contributed by atoms with E-state index >= 15 is 0 Å². The van der Waals surface area contributed by atoms with Crippen LogP contribution in [-0.2, 0) is 9.53 Å². The van der Waals surface area contributed by atoms with Crippen molar-refractivity contribution >= 4 is 5.97 Å². The number of hydrogen-bond donors (Lipinski definition) is 0. The van der Waals surface area contributed by atoms with Gasteiger partial charge in [-0.1, -0.05) is 60.3 Å². The first kappa shape index (κ1) is 23.4. The summed E-state index contributed by atoms with van der Waals surface area (Å²) in [6, 6.07) is 0. The van der Waals surface area contributed by atoms with Gasteiger partial charge in [-0.15, -0.1) is 0 Å². The van der Waals surface area contributed by atoms with Gasteiger partial charge in [0.25, 0.3) is 0 Å². The van der Waals surface area contributed by atoms with Crippen molar-refractivity contribution in [1.29, 1.82) is 0 Å². The number of esters is 1. The molecule has 0 aromatic carbocycles. The fraction of sp³-hybridized carbons (Fsp3) is 0.952. The SMILES string of the molecule is CCCCCN(CCCCC)CCOC(=O)C(C)(CC)CC(C)C. The molecule has 0 spiro atoms. The number of rotatable bonds is 15. The van der Waals surface area contributed by atoms with Gasteiger partial charge < -0.3 is 4.74 Å². The molecule has 3 nitrogen and oxygen atoms in total. The molecule has 24 heavy (non-hydrogen) atoms. The average molecular weight is 342 g/mol. The fourth-order valence-electron chi connectivity index (χ4n) is 3.22. The molecule has 0 aliphatic rings. The van der Waals surface area contributed by atoms with Gasteiger partial charge in [-0.05, 0) is 51.6 Å². The monoisotopic (exact) mass is 341 g/mol. The zero-order valence-corrected chi connectivity index (χ0v) is 17.3. The molecule has 1 atom stereocenters. The predicted molar refractivity (Wildman–Crippen MR) is 104 cm³/mol. The number of ether oxygens (including phenoxy) is 1. The van der Waals surface area contributed by atoms with Gasteiger partial charge >= 0.3 is 5.97 Å². The molecule has 0 bridgehead atoms. The lowest BCUT2D eigenvalue weighted by molar-refractivity contribution is -0.156. The molecule has 0 saturated carbocycles. The second-order valence-electron chi connectivity index (χ2n) is 7.90. The van der Waals surface area contributed by atoms with Crippen LogP contribution in [0.15, 0.2) is 0 Å². The number of hydrogen-bond acceptors (Lipinski definition) is 3. The van der Waals surface area contributed by atoms with Crippen LogP contribution in [0.3, 0.4) is 0 Å². The maximum Gasteiger partial charge on any atom is 0.311 e. The molecule has 0 amide bonds. The normalized spacial score (nSPS) is 14.2. The van der Waals surface area contributed by atoms with E-state index in [-0.39, 0.29) is 11.4 Å². The lowest BCUT2D eigenvalue weighted by Crippen LogP contribution is -2.35. The molecule has 0 fully saturated rings. The molecule has 0 saturated heterocycles. The van der Waals surface area contributed by atoms with E-state index in [1.165, 1.54) is 38.5 Å². The highest BCUT2D eigenvalue weighted by Gasteiger charge is 2.33. The lowest BCUT2D eigenvalue weighted by atomic mass is 9.80. The Morgan fingerprint density at radius 2 is 1.50 bits per heavy atom. The summed E-state index contributed by atoms with van der Waals surface area (Å²) in [5, 5.41) is 0. The van der Waals surface area contributed by atoms with Crippen molar-refractivity contribution in [2.24, 2.45) is 11.3 Å². The molecule has 0 aromatic heterocycles. The molecular formula is C21H43NO2. The minimum Gasteiger partial charge on any atom is -0.464 e. The van der Waals surface area contributed by atoms with Crippen molar-refractivity contribution in [3.05, 3.63) is 0 Å². The number of carbonyl (C=O) groups excluding carboxylic acids is 1. The van der Waals surface area contributed by atoms with Crippen LogP contribution >= 0.6 is 0 Å². The van der Waals surface area contributed by atoms with Crippen molar-refractivity contribution in [1.82, 2.24) is 4.90 Å². The van der Waals surface area contributed by atoms with E-state index in [4.69, 9.17) is 4.74 Å². The first-order valence-corrected chi connectivity index (χ1v) is 10.3. The van der Waals surface area contributed by atoms with Gasteiger partial charge in [0.15, 0.2) is 0 Å². The molecule has 0 rings (SSSR count). The third-order valence-corrected chi connectivity index (χ3v) is 4.93. The number of nitrogens with zero attached hydrogens (tertiary/aromatic N) is 1. The van der Waals surface area contributed by atoms with Gasteiger partial charge in [-0.3, -0.25) is 9.69 Å². The fourth-order valence-corrected chi connectivity index (χ4v) is 3.22. The molecule has 0 aliphatic carbocycles. The van der Waals surface area contributed by atoms with Crippen LogP contribution in [0.4, 0.5) is 0 Å². The smallest absolute Gasteiger partial charge is 0.311 e. The standard InChI is InChI=1S/C21H43NO2/c1-7-10-12-14-22(15-13-11-8-2)16-17-24-20(23)21(6,9-3)18-19(4)5/h19H,7-18H2,1-6H3. The Morgan fingerprint density at radius 3 is 1.92 bits per heavy atom. The third-order valence-electron chi connectivity index (χ3n) is 4.93. The maximum atomic E-state index is 12.5. The highest BCUT2D eigenvalue weighted by atomic mass is 16.5. The Labute approximate surface area is 151 Å². The Bertz CT molecular complexity index is 307. The van der Waals surface area contributed by atoms with Crippen LogP contribution in [0.5, 0.6) is 0 Å². The lowest BCUT2D eigenvalue weighted by Gasteiger charge is -2.28. The van der Waals surface area contributed by atoms with E-state index < -0.39 is 0 Å². The zero-order chi connectivity index (χ0) is 18.4. The summed E-state index contributed by atoms with van der Waals surface area (Å²) >= 11 is 0. The molecule has 1 unspecified atom stereocenters. The molecule has 0 aliphatic heterocycles. The van der Waals surface area contributed by atoms with Gasteiger partial charge in [0, 0.05) is 6.54 Å². The first-order valence-electron chi connectivity index (χ1n) is 10.3. The molecular weight excluding hydrogens is 298 g/mol. The van der Waals surface area contributed by atoms with Crippen LogP contribution in [0.25, 0.3) is 0 Å². The zero-order valence-electron chi connectivity index (χ0n) is 17.3. The van der Waals surface area contributed by atoms with Gasteiger partial charge in [-0.2, -0.15) is 0 Å². The van der Waals surface area contributed by atoms with Gasteiger partial charge in [0.1, 0.15) is 6.61 Å². The van der Waals surface area contributed by atoms with E-state index in [1.54, 1.807) is 0 Å². The first-order chi connectivity index (χ1) is 11.4. The highest BCUT2D eigenvalue weighted by Crippen LogP contribution is 2.31. The molecule has 0 radical (unpaired) electrons. The van der Waals surface area contributed by atoms with E-state index in [2.05, 4.69) is 46.4 Å². The summed E-state index contributed by atoms with van der Waals surface area (Å²) in [6.07, 6.45) is 9.31. The van der Waals surface area contributed by atoms with Crippen molar-refractivity contribution in [3.63, 3.8) is 0 Å². The van der Waals surface area contributed by atoms with Gasteiger partial charge in [0.2, 0.25) is 0 Å². The molecule has 3 heteroatoms. The summed E-state index contributed by atoms with van der Waals surface area (Å²) < 4.78 is 5.66. The topological polar surface area (TPSA) is 29.5 Å². The number of unbranched alkanes of at least 4 members (excludes halogenated alkanes) is 4. The minimum atomic E-state index is -0.330. The minimum absolute atomic E-state index is 0.0132. The quantitative estimate of drug-likeness (QED) is 0.284. The van der Waals surface area contributed by atoms with Crippen molar-refractivity contribution < 1.29 is 9.53 Å². The van der Waals surface area contributed by atoms with Crippen molar-refractivity contribution in [2.75, 3.05) is 26.2 Å². The second kappa shape index (κ2) is 13.7. The van der Waals surface area contributed by atoms with E-state index in [1.807, 2.05) is 0 Å². The molecule has 0 heterocycles. The second-order valence-corrected chi connectivity index (χ2v) is 7.90. The predicted octanol–water partition coefficient (Wildman–Crippen LogP) is 5.67. The highest BCUT2D eigenvalue weighted by molar-refractivity contribution is 5.76. The summed E-state index contributed by atoms with van der Waals surface area (Å²) in [5.41, 5.74) is -0.330. The summed E-state index contributed by atoms with van der Waals surface area (Å²) in [7, 11) is 0. The summed E-state index contributed by atoms with van der Waals surface area (Å²) in [5.74, 6) is 0.503. The molecule has 0 N–H and O–H groups in total. The van der Waals surface area contributed by atoms with Crippen LogP contribution in [-0.4, -0.2) is 37.1 Å². The molecule has 144 valence electrons. The molecule has 0 aromatic rings. The van der Waals surface area contributed by atoms with Crippen LogP contribution in [0, 0.1) is 11.3 Å². The van der Waals surface area contributed by atoms with Crippen LogP contribution < -0.4 is 0 Å². The Hall–Kier alpha value is -0.570. The van der Waals surface area contributed by atoms with E-state index in [0.717, 1.165) is 32.5 Å². The third kappa shape index (κ3) is 10.3. The maximum absolute atomic E-state index is 12.5. The summed E-state index contributed by atoms with van der Waals surface area (Å²) in [6.45, 7) is 16.6. The van der Waals surface area contributed by atoms with Crippen molar-refractivity contribution in [3.8, 4) is 0 Å². The average Bonchev–Trinajstić information content (AvgIpc) is 2.53. The van der Waals surface area contributed by atoms with Gasteiger partial charge in [0.05, 0.1) is 5.41 Å².